The van der Waals surface area contributed by atoms with Crippen LogP contribution in [0, 0.1) is 0 Å². The van der Waals surface area contributed by atoms with Gasteiger partial charge in [-0.1, -0.05) is 0 Å². The lowest BCUT2D eigenvalue weighted by molar-refractivity contribution is -0.122. The van der Waals surface area contributed by atoms with Gasteiger partial charge in [0.05, 0.1) is 10.6 Å². The summed E-state index contributed by atoms with van der Waals surface area (Å²) in [5.74, 6) is 0.0168. The summed E-state index contributed by atoms with van der Waals surface area (Å²) >= 11 is 3.16. The first kappa shape index (κ1) is 19.9. The van der Waals surface area contributed by atoms with Crippen LogP contribution >= 0.6 is 15.9 Å². The number of furan rings is 1. The van der Waals surface area contributed by atoms with Crippen molar-refractivity contribution < 1.29 is 27.2 Å². The minimum absolute atomic E-state index is 0.0597. The molecule has 0 spiro atoms. The lowest BCUT2D eigenvalue weighted by Crippen LogP contribution is -2.50. The summed E-state index contributed by atoms with van der Waals surface area (Å²) in [6, 6.07) is 7.59. The van der Waals surface area contributed by atoms with E-state index in [1.54, 1.807) is 24.0 Å². The van der Waals surface area contributed by atoms with E-state index in [-0.39, 0.29) is 48.6 Å². The average Bonchev–Trinajstić information content (AvgIpc) is 3.14. The molecule has 1 fully saturated rings. The predicted molar refractivity (Wildman–Crippen MR) is 106 cm³/mol. The van der Waals surface area contributed by atoms with E-state index in [1.807, 2.05) is 0 Å². The van der Waals surface area contributed by atoms with Crippen molar-refractivity contribution in [2.75, 3.05) is 31.5 Å². The fourth-order valence-corrected chi connectivity index (χ4v) is 4.97. The Hall–Kier alpha value is -2.37. The highest BCUT2D eigenvalue weighted by Gasteiger charge is 2.32. The largest absolute Gasteiger partial charge is 0.479 e. The molecule has 2 aliphatic rings. The van der Waals surface area contributed by atoms with E-state index in [0.29, 0.717) is 16.1 Å². The molecule has 3 heterocycles. The molecule has 1 aromatic heterocycles. The summed E-state index contributed by atoms with van der Waals surface area (Å²) in [6.45, 7) is 2.43. The standard InChI is InChI=1S/C18H18BrN3O6S/c1-11-17(23)20-13-10-12(2-3-14(13)27-11)29(25,26)22-8-6-21(7-9-22)18(24)15-4-5-16(19)28-15/h2-5,10-11H,6-9H2,1H3,(H,20,23)/t11-/m1/s1. The number of carbonyl (C=O) groups is 2. The molecule has 1 atom stereocenters. The van der Waals surface area contributed by atoms with Gasteiger partial charge in [-0.25, -0.2) is 8.42 Å². The van der Waals surface area contributed by atoms with Crippen LogP contribution in [0.4, 0.5) is 5.69 Å². The van der Waals surface area contributed by atoms with Crippen molar-refractivity contribution in [1.29, 1.82) is 0 Å². The number of anilines is 1. The van der Waals surface area contributed by atoms with Crippen molar-refractivity contribution >= 4 is 43.5 Å². The van der Waals surface area contributed by atoms with E-state index in [9.17, 15) is 18.0 Å². The second kappa shape index (κ2) is 7.47. The Labute approximate surface area is 175 Å². The van der Waals surface area contributed by atoms with Gasteiger partial charge in [0.1, 0.15) is 5.75 Å². The average molecular weight is 484 g/mol. The van der Waals surface area contributed by atoms with Gasteiger partial charge < -0.3 is 19.4 Å². The van der Waals surface area contributed by atoms with Crippen LogP contribution in [0.1, 0.15) is 17.5 Å². The Bertz CT molecular complexity index is 1080. The zero-order valence-electron chi connectivity index (χ0n) is 15.4. The summed E-state index contributed by atoms with van der Waals surface area (Å²) in [5.41, 5.74) is 0.325. The van der Waals surface area contributed by atoms with Crippen LogP contribution in [0.25, 0.3) is 0 Å². The van der Waals surface area contributed by atoms with Gasteiger partial charge >= 0.3 is 0 Å². The summed E-state index contributed by atoms with van der Waals surface area (Å²) < 4.78 is 38.6. The maximum atomic E-state index is 13.0. The highest BCUT2D eigenvalue weighted by Crippen LogP contribution is 2.33. The van der Waals surface area contributed by atoms with Gasteiger partial charge in [0.2, 0.25) is 10.0 Å². The van der Waals surface area contributed by atoms with E-state index in [4.69, 9.17) is 9.15 Å². The minimum atomic E-state index is -3.78. The van der Waals surface area contributed by atoms with Crippen molar-refractivity contribution in [2.45, 2.75) is 17.9 Å². The Morgan fingerprint density at radius 2 is 1.90 bits per heavy atom. The van der Waals surface area contributed by atoms with Crippen LogP contribution in [0.5, 0.6) is 5.75 Å². The highest BCUT2D eigenvalue weighted by atomic mass is 79.9. The monoisotopic (exact) mass is 483 g/mol. The van der Waals surface area contributed by atoms with E-state index in [0.717, 1.165) is 0 Å². The highest BCUT2D eigenvalue weighted by molar-refractivity contribution is 9.10. The first-order chi connectivity index (χ1) is 13.8. The molecule has 9 nitrogen and oxygen atoms in total. The smallest absolute Gasteiger partial charge is 0.289 e. The van der Waals surface area contributed by atoms with Gasteiger partial charge in [0, 0.05) is 26.2 Å². The number of hydrogen-bond acceptors (Lipinski definition) is 6. The van der Waals surface area contributed by atoms with Gasteiger partial charge in [0.15, 0.2) is 16.5 Å². The first-order valence-electron chi connectivity index (χ1n) is 8.92. The Morgan fingerprint density at radius 1 is 1.17 bits per heavy atom. The third-order valence-electron chi connectivity index (χ3n) is 4.83. The molecule has 2 aromatic rings. The number of piperazine rings is 1. The Kier molecular flexibility index (Phi) is 5.13. The molecule has 1 N–H and O–H groups in total. The number of ether oxygens (including phenoxy) is 1. The van der Waals surface area contributed by atoms with E-state index in [2.05, 4.69) is 21.2 Å². The van der Waals surface area contributed by atoms with E-state index in [1.165, 1.54) is 22.5 Å². The molecular formula is C18H18BrN3O6S. The van der Waals surface area contributed by atoms with Crippen LogP contribution in [0.3, 0.4) is 0 Å². The number of fused-ring (bicyclic) bond motifs is 1. The van der Waals surface area contributed by atoms with Gasteiger partial charge in [-0.15, -0.1) is 0 Å². The number of nitrogens with one attached hydrogen (secondary N) is 1. The predicted octanol–water partition coefficient (Wildman–Crippen LogP) is 1.91. The Morgan fingerprint density at radius 3 is 2.55 bits per heavy atom. The summed E-state index contributed by atoms with van der Waals surface area (Å²) in [6.07, 6.45) is -0.634. The molecule has 2 aliphatic heterocycles. The van der Waals surface area contributed by atoms with Gasteiger partial charge in [-0.3, -0.25) is 9.59 Å². The van der Waals surface area contributed by atoms with Crippen LogP contribution in [-0.2, 0) is 14.8 Å². The minimum Gasteiger partial charge on any atom is -0.479 e. The van der Waals surface area contributed by atoms with Crippen molar-refractivity contribution in [1.82, 2.24) is 9.21 Å². The van der Waals surface area contributed by atoms with Crippen LogP contribution in [0.15, 0.2) is 44.3 Å². The molecule has 0 bridgehead atoms. The van der Waals surface area contributed by atoms with Crippen molar-refractivity contribution in [3.8, 4) is 5.75 Å². The molecule has 4 rings (SSSR count). The van der Waals surface area contributed by atoms with Crippen LogP contribution < -0.4 is 10.1 Å². The Balaban J connectivity index is 1.47. The van der Waals surface area contributed by atoms with Crippen molar-refractivity contribution in [3.63, 3.8) is 0 Å². The number of nitrogens with zero attached hydrogens (tertiary/aromatic N) is 2. The second-order valence-electron chi connectivity index (χ2n) is 6.71. The fraction of sp³-hybridized carbons (Fsp3) is 0.333. The molecule has 154 valence electrons. The lowest BCUT2D eigenvalue weighted by atomic mass is 10.2. The number of benzene rings is 1. The number of hydrogen-bond donors (Lipinski definition) is 1. The maximum absolute atomic E-state index is 13.0. The molecule has 2 amide bonds. The third-order valence-corrected chi connectivity index (χ3v) is 7.15. The lowest BCUT2D eigenvalue weighted by Gasteiger charge is -2.33. The molecule has 0 saturated carbocycles. The molecule has 29 heavy (non-hydrogen) atoms. The second-order valence-corrected chi connectivity index (χ2v) is 9.43. The fourth-order valence-electron chi connectivity index (χ4n) is 3.21. The third kappa shape index (κ3) is 3.77. The van der Waals surface area contributed by atoms with Gasteiger partial charge in [-0.05, 0) is 53.2 Å². The summed E-state index contributed by atoms with van der Waals surface area (Å²) in [4.78, 5) is 25.9. The zero-order chi connectivity index (χ0) is 20.8. The van der Waals surface area contributed by atoms with Gasteiger partial charge in [-0.2, -0.15) is 4.31 Å². The van der Waals surface area contributed by atoms with E-state index < -0.39 is 16.1 Å². The quantitative estimate of drug-likeness (QED) is 0.713. The first-order valence-corrected chi connectivity index (χ1v) is 11.2. The zero-order valence-corrected chi connectivity index (χ0v) is 17.8. The molecule has 1 saturated heterocycles. The molecule has 11 heteroatoms. The number of halogens is 1. The summed E-state index contributed by atoms with van der Waals surface area (Å²) in [7, 11) is -3.78. The van der Waals surface area contributed by atoms with Crippen molar-refractivity contribution in [2.24, 2.45) is 0 Å². The molecule has 0 unspecified atom stereocenters. The number of carbonyl (C=O) groups excluding carboxylic acids is 2. The van der Waals surface area contributed by atoms with Crippen LogP contribution in [-0.4, -0.2) is 61.7 Å². The molecule has 0 radical (unpaired) electrons. The van der Waals surface area contributed by atoms with E-state index >= 15 is 0 Å². The summed E-state index contributed by atoms with van der Waals surface area (Å²) in [5, 5.41) is 2.65. The normalized spacial score (nSPS) is 20.0. The number of rotatable bonds is 3. The molecule has 1 aromatic carbocycles. The SMILES string of the molecule is C[C@H]1Oc2ccc(S(=O)(=O)N3CCN(C(=O)c4ccc(Br)o4)CC3)cc2NC1=O. The van der Waals surface area contributed by atoms with Crippen LogP contribution in [0.2, 0.25) is 0 Å². The number of sulfonamides is 1. The molecular weight excluding hydrogens is 466 g/mol. The molecule has 0 aliphatic carbocycles. The topological polar surface area (TPSA) is 109 Å². The maximum Gasteiger partial charge on any atom is 0.289 e. The number of amides is 2. The van der Waals surface area contributed by atoms with Gasteiger partial charge in [0.25, 0.3) is 11.8 Å². The van der Waals surface area contributed by atoms with Crippen molar-refractivity contribution in [3.05, 3.63) is 40.8 Å².